The third kappa shape index (κ3) is 4.24. The zero-order chi connectivity index (χ0) is 17.6. The molecule has 1 aromatic carbocycles. The highest BCUT2D eigenvalue weighted by molar-refractivity contribution is 5.74. The van der Waals surface area contributed by atoms with Crippen molar-refractivity contribution in [2.45, 2.75) is 13.0 Å². The first kappa shape index (κ1) is 16.7. The number of hydrogen-bond donors (Lipinski definition) is 5. The monoisotopic (exact) mass is 339 g/mol. The number of guanidine groups is 1. The lowest BCUT2D eigenvalue weighted by molar-refractivity contribution is 0.639. The van der Waals surface area contributed by atoms with Crippen molar-refractivity contribution in [1.29, 1.82) is 5.41 Å². The molecule has 6 N–H and O–H groups in total. The molecule has 2 heterocycles. The van der Waals surface area contributed by atoms with Crippen LogP contribution in [-0.2, 0) is 6.54 Å². The Morgan fingerprint density at radius 3 is 2.80 bits per heavy atom. The molecule has 0 saturated heterocycles. The van der Waals surface area contributed by atoms with Gasteiger partial charge in [-0.3, -0.25) is 9.98 Å². The van der Waals surface area contributed by atoms with E-state index in [9.17, 15) is 4.79 Å². The van der Waals surface area contributed by atoms with Gasteiger partial charge in [-0.15, -0.1) is 0 Å². The number of rotatable bonds is 7. The van der Waals surface area contributed by atoms with Gasteiger partial charge in [0.2, 0.25) is 0 Å². The molecule has 0 radical (unpaired) electrons. The minimum atomic E-state index is -0.307. The number of benzene rings is 1. The van der Waals surface area contributed by atoms with E-state index in [-0.39, 0.29) is 11.6 Å². The van der Waals surface area contributed by atoms with Crippen molar-refractivity contribution in [3.05, 3.63) is 58.8 Å². The van der Waals surface area contributed by atoms with Gasteiger partial charge >= 0.3 is 5.69 Å². The number of hydrogen-bond acceptors (Lipinski definition) is 4. The smallest absolute Gasteiger partial charge is 0.354 e. The fourth-order valence-electron chi connectivity index (χ4n) is 2.55. The summed E-state index contributed by atoms with van der Waals surface area (Å²) in [7, 11) is 0. The average Bonchev–Trinajstić information content (AvgIpc) is 3.05. The van der Waals surface area contributed by atoms with Crippen molar-refractivity contribution in [3.8, 4) is 5.69 Å². The minimum Gasteiger partial charge on any atom is -0.370 e. The summed E-state index contributed by atoms with van der Waals surface area (Å²) in [5.74, 6) is -0.00171. The summed E-state index contributed by atoms with van der Waals surface area (Å²) >= 11 is 0. The zero-order valence-corrected chi connectivity index (χ0v) is 13.7. The number of aromatic amines is 1. The molecule has 0 spiro atoms. The van der Waals surface area contributed by atoms with Crippen LogP contribution in [0.3, 0.4) is 0 Å². The largest absolute Gasteiger partial charge is 0.370 e. The van der Waals surface area contributed by atoms with Crippen molar-refractivity contribution >= 4 is 17.0 Å². The Morgan fingerprint density at radius 2 is 2.04 bits per heavy atom. The Bertz CT molecular complexity index is 911. The maximum atomic E-state index is 12.1. The molecule has 0 bridgehead atoms. The third-order valence-electron chi connectivity index (χ3n) is 3.83. The topological polar surface area (TPSA) is 125 Å². The van der Waals surface area contributed by atoms with E-state index >= 15 is 0 Å². The normalized spacial score (nSPS) is 10.9. The quantitative estimate of drug-likeness (QED) is 0.246. The van der Waals surface area contributed by atoms with Crippen molar-refractivity contribution in [2.24, 2.45) is 5.73 Å². The first-order valence-corrected chi connectivity index (χ1v) is 8.08. The molecule has 0 amide bonds. The number of nitrogens with two attached hydrogens (primary N) is 1. The van der Waals surface area contributed by atoms with Crippen LogP contribution in [-0.4, -0.2) is 33.6 Å². The molecule has 3 aromatic rings. The summed E-state index contributed by atoms with van der Waals surface area (Å²) in [5, 5.41) is 14.1. The van der Waals surface area contributed by atoms with E-state index in [1.165, 1.54) is 0 Å². The number of aromatic nitrogens is 3. The third-order valence-corrected chi connectivity index (χ3v) is 3.83. The number of fused-ring (bicyclic) bond motifs is 1. The molecule has 0 aliphatic heterocycles. The van der Waals surface area contributed by atoms with E-state index in [0.29, 0.717) is 12.2 Å². The van der Waals surface area contributed by atoms with Crippen molar-refractivity contribution < 1.29 is 0 Å². The summed E-state index contributed by atoms with van der Waals surface area (Å²) in [6, 6.07) is 9.69. The van der Waals surface area contributed by atoms with Crippen molar-refractivity contribution in [1.82, 2.24) is 25.2 Å². The van der Waals surface area contributed by atoms with Crippen LogP contribution in [0.25, 0.3) is 16.7 Å². The highest BCUT2D eigenvalue weighted by Crippen LogP contribution is 2.11. The molecular weight excluding hydrogens is 318 g/mol. The first-order valence-electron chi connectivity index (χ1n) is 8.08. The van der Waals surface area contributed by atoms with E-state index in [1.54, 1.807) is 17.0 Å². The predicted molar refractivity (Wildman–Crippen MR) is 97.9 cm³/mol. The van der Waals surface area contributed by atoms with Gasteiger partial charge in [-0.2, -0.15) is 4.98 Å². The lowest BCUT2D eigenvalue weighted by atomic mass is 10.2. The molecule has 8 heteroatoms. The van der Waals surface area contributed by atoms with Gasteiger partial charge in [0.05, 0.1) is 5.69 Å². The molecule has 0 atom stereocenters. The van der Waals surface area contributed by atoms with Crippen LogP contribution in [0.5, 0.6) is 0 Å². The van der Waals surface area contributed by atoms with Gasteiger partial charge in [0.25, 0.3) is 0 Å². The van der Waals surface area contributed by atoms with Crippen LogP contribution in [0.4, 0.5) is 0 Å². The maximum Gasteiger partial charge on any atom is 0.354 e. The fraction of sp³-hybridized carbons (Fsp3) is 0.235. The maximum absolute atomic E-state index is 12.1. The average molecular weight is 339 g/mol. The van der Waals surface area contributed by atoms with Crippen LogP contribution in [0, 0.1) is 5.41 Å². The second-order valence-corrected chi connectivity index (χ2v) is 5.71. The zero-order valence-electron chi connectivity index (χ0n) is 13.7. The van der Waals surface area contributed by atoms with Gasteiger partial charge in [0.1, 0.15) is 5.65 Å². The van der Waals surface area contributed by atoms with E-state index in [1.807, 2.05) is 30.3 Å². The second-order valence-electron chi connectivity index (χ2n) is 5.71. The predicted octanol–water partition coefficient (Wildman–Crippen LogP) is 0.677. The van der Waals surface area contributed by atoms with Gasteiger partial charge in [0, 0.05) is 30.9 Å². The number of nitrogens with one attached hydrogen (secondary N) is 4. The summed E-state index contributed by atoms with van der Waals surface area (Å²) in [6.07, 6.45) is 4.44. The second kappa shape index (κ2) is 7.63. The van der Waals surface area contributed by atoms with Gasteiger partial charge in [-0.1, -0.05) is 12.1 Å². The lowest BCUT2D eigenvalue weighted by Crippen LogP contribution is -2.32. The van der Waals surface area contributed by atoms with E-state index in [0.717, 1.165) is 36.1 Å². The first-order chi connectivity index (χ1) is 12.1. The molecule has 25 heavy (non-hydrogen) atoms. The molecule has 0 fully saturated rings. The molecular formula is C17H21N7O. The Hall–Kier alpha value is -3.13. The van der Waals surface area contributed by atoms with Crippen LogP contribution in [0.2, 0.25) is 0 Å². The van der Waals surface area contributed by atoms with Crippen LogP contribution < -0.4 is 22.1 Å². The molecule has 8 nitrogen and oxygen atoms in total. The van der Waals surface area contributed by atoms with E-state index in [4.69, 9.17) is 11.1 Å². The van der Waals surface area contributed by atoms with Crippen LogP contribution in [0.15, 0.2) is 47.5 Å². The van der Waals surface area contributed by atoms with E-state index in [2.05, 4.69) is 20.6 Å². The molecule has 0 unspecified atom stereocenters. The Balaban J connectivity index is 1.59. The van der Waals surface area contributed by atoms with Gasteiger partial charge in [-0.05, 0) is 36.7 Å². The van der Waals surface area contributed by atoms with Gasteiger partial charge in [-0.25, -0.2) is 4.79 Å². The summed E-state index contributed by atoms with van der Waals surface area (Å²) in [4.78, 5) is 19.1. The van der Waals surface area contributed by atoms with E-state index < -0.39 is 0 Å². The SMILES string of the molecule is N=C(N)NCCCNCc1ccc(-n2cc3cc[nH]c3nc2=O)cc1. The summed E-state index contributed by atoms with van der Waals surface area (Å²) < 4.78 is 1.54. The molecule has 0 saturated carbocycles. The lowest BCUT2D eigenvalue weighted by Gasteiger charge is -2.08. The molecule has 0 aliphatic rings. The summed E-state index contributed by atoms with van der Waals surface area (Å²) in [6.45, 7) is 2.25. The highest BCUT2D eigenvalue weighted by atomic mass is 16.1. The van der Waals surface area contributed by atoms with Crippen LogP contribution >= 0.6 is 0 Å². The van der Waals surface area contributed by atoms with Crippen LogP contribution in [0.1, 0.15) is 12.0 Å². The van der Waals surface area contributed by atoms with Gasteiger partial charge < -0.3 is 21.4 Å². The minimum absolute atomic E-state index is 0.00171. The Labute approximate surface area is 144 Å². The molecule has 3 rings (SSSR count). The number of nitrogens with zero attached hydrogens (tertiary/aromatic N) is 2. The van der Waals surface area contributed by atoms with Gasteiger partial charge in [0.15, 0.2) is 5.96 Å². The fourth-order valence-corrected chi connectivity index (χ4v) is 2.55. The number of H-pyrrole nitrogens is 1. The Morgan fingerprint density at radius 1 is 1.24 bits per heavy atom. The molecule has 0 aliphatic carbocycles. The molecule has 130 valence electrons. The summed E-state index contributed by atoms with van der Waals surface area (Å²) in [5.41, 5.74) is 7.43. The van der Waals surface area contributed by atoms with Crippen molar-refractivity contribution in [2.75, 3.05) is 13.1 Å². The molecule has 2 aromatic heterocycles. The van der Waals surface area contributed by atoms with Crippen molar-refractivity contribution in [3.63, 3.8) is 0 Å². The standard InChI is InChI=1S/C17H21N7O/c18-16(19)22-8-1-7-20-10-12-2-4-14(5-3-12)24-11-13-6-9-21-15(13)23-17(24)25/h2-6,9,11,20H,1,7-8,10H2,(H4,18,19,22)(H,21,23,25). The Kier molecular flexibility index (Phi) is 5.10. The highest BCUT2D eigenvalue weighted by Gasteiger charge is 2.04.